The van der Waals surface area contributed by atoms with E-state index in [1.807, 2.05) is 23.5 Å². The molecular weight excluding hydrogens is 360 g/mol. The summed E-state index contributed by atoms with van der Waals surface area (Å²) < 4.78 is -0.542. The van der Waals surface area contributed by atoms with Crippen LogP contribution in [0.4, 0.5) is 0 Å². The zero-order valence-corrected chi connectivity index (χ0v) is 17.4. The molecule has 4 aliphatic rings. The minimum Gasteiger partial charge on any atom is -0.290 e. The number of amidine groups is 1. The van der Waals surface area contributed by atoms with Gasteiger partial charge < -0.3 is 0 Å². The van der Waals surface area contributed by atoms with Gasteiger partial charge in [-0.2, -0.15) is 10.5 Å². The minimum absolute atomic E-state index is 0.0325. The van der Waals surface area contributed by atoms with Crippen LogP contribution in [-0.2, 0) is 0 Å². The zero-order chi connectivity index (χ0) is 18.8. The fraction of sp³-hybridized carbons (Fsp3) is 0.750. The maximum atomic E-state index is 10.6. The number of allylic oxidation sites excluding steroid dienone is 2. The molecule has 6 heteroatoms. The van der Waals surface area contributed by atoms with Crippen LogP contribution in [0.15, 0.2) is 12.2 Å². The van der Waals surface area contributed by atoms with Gasteiger partial charge in [0.2, 0.25) is 4.20 Å². The first-order chi connectivity index (χ1) is 12.6. The van der Waals surface area contributed by atoms with Gasteiger partial charge in [0.05, 0.1) is 12.1 Å². The number of nitriles is 2. The Morgan fingerprint density at radius 1 is 1.08 bits per heavy atom. The van der Waals surface area contributed by atoms with Crippen molar-refractivity contribution in [2.75, 3.05) is 11.5 Å². The third kappa shape index (κ3) is 2.38. The molecule has 3 aliphatic carbocycles. The number of fused-ring (bicyclic) bond motifs is 1. The van der Waals surface area contributed by atoms with E-state index in [1.54, 1.807) is 0 Å². The number of unbranched alkanes of at least 4 members (excludes halogenated alkanes) is 2. The van der Waals surface area contributed by atoms with E-state index in [0.29, 0.717) is 5.84 Å². The van der Waals surface area contributed by atoms with Crippen molar-refractivity contribution in [2.24, 2.45) is 28.4 Å². The van der Waals surface area contributed by atoms with Crippen molar-refractivity contribution in [1.29, 1.82) is 10.5 Å². The Hall–Kier alpha value is -1.11. The van der Waals surface area contributed by atoms with Gasteiger partial charge in [0, 0.05) is 11.8 Å². The topological polar surface area (TPSA) is 87.6 Å². The number of thioether (sulfide) groups is 2. The highest BCUT2D eigenvalue weighted by Crippen LogP contribution is 2.69. The molecule has 0 unspecified atom stereocenters. The molecule has 1 saturated carbocycles. The van der Waals surface area contributed by atoms with Crippen LogP contribution in [-0.4, -0.2) is 21.5 Å². The molecule has 0 saturated heterocycles. The SMILES string of the molecule is CCCCSC1(SCCCC)[NH+]=C(N)[C@@]2(C#N)[C@@H]3C=C[C@H](CC3)[C@@]12C#N. The van der Waals surface area contributed by atoms with Gasteiger partial charge in [-0.3, -0.25) is 10.7 Å². The standard InChI is InChI=1S/C20H28N4S2/c1-3-5-11-25-20(26-12-6-4-2)19(14-22)16-9-7-15(8-10-16)18(19,13-21)17(23)24-20/h7,9,15-16H,3-6,8,10-12H2,1-2H3,(H2,23,24)/p+1/t15-,16-,18-,19-/m1/s1. The molecular formula is C20H29N4S2+. The van der Waals surface area contributed by atoms with E-state index in [2.05, 4.69) is 43.1 Å². The number of nitrogens with two attached hydrogens (primary N) is 1. The molecule has 1 aliphatic heterocycles. The lowest BCUT2D eigenvalue weighted by Gasteiger charge is -2.54. The van der Waals surface area contributed by atoms with Gasteiger partial charge in [-0.1, -0.05) is 62.4 Å². The Morgan fingerprint density at radius 2 is 1.65 bits per heavy atom. The molecule has 26 heavy (non-hydrogen) atoms. The maximum Gasteiger partial charge on any atom is 0.265 e. The lowest BCUT2D eigenvalue weighted by atomic mass is 9.46. The number of hydrogen-bond donors (Lipinski definition) is 2. The van der Waals surface area contributed by atoms with Gasteiger partial charge in [-0.05, 0) is 37.2 Å². The van der Waals surface area contributed by atoms with E-state index < -0.39 is 15.0 Å². The summed E-state index contributed by atoms with van der Waals surface area (Å²) in [5.74, 6) is 2.58. The number of nitrogens with zero attached hydrogens (tertiary/aromatic N) is 2. The van der Waals surface area contributed by atoms with Crippen molar-refractivity contribution >= 4 is 29.4 Å². The molecule has 0 aromatic rings. The molecule has 0 spiro atoms. The van der Waals surface area contributed by atoms with Crippen molar-refractivity contribution in [3.05, 3.63) is 12.2 Å². The van der Waals surface area contributed by atoms with Gasteiger partial charge in [0.1, 0.15) is 0 Å². The highest BCUT2D eigenvalue weighted by atomic mass is 32.2. The highest BCUT2D eigenvalue weighted by molar-refractivity contribution is 8.17. The van der Waals surface area contributed by atoms with Crippen LogP contribution < -0.4 is 10.7 Å². The molecule has 3 N–H and O–H groups in total. The van der Waals surface area contributed by atoms with Crippen LogP contribution in [0.2, 0.25) is 0 Å². The summed E-state index contributed by atoms with van der Waals surface area (Å²) >= 11 is 3.63. The van der Waals surface area contributed by atoms with E-state index >= 15 is 0 Å². The van der Waals surface area contributed by atoms with Gasteiger partial charge >= 0.3 is 0 Å². The molecule has 0 aromatic carbocycles. The van der Waals surface area contributed by atoms with Crippen molar-refractivity contribution in [2.45, 2.75) is 56.6 Å². The predicted octanol–water partition coefficient (Wildman–Crippen LogP) is 2.77. The smallest absolute Gasteiger partial charge is 0.265 e. The van der Waals surface area contributed by atoms with Gasteiger partial charge in [-0.15, -0.1) is 0 Å². The second kappa shape index (κ2) is 7.49. The largest absolute Gasteiger partial charge is 0.290 e. The van der Waals surface area contributed by atoms with Crippen molar-refractivity contribution in [3.63, 3.8) is 0 Å². The minimum atomic E-state index is -0.919. The summed E-state index contributed by atoms with van der Waals surface area (Å²) in [6, 6.07) is 5.26. The molecule has 4 nitrogen and oxygen atoms in total. The molecule has 0 aromatic heterocycles. The van der Waals surface area contributed by atoms with Gasteiger partial charge in [0.15, 0.2) is 10.8 Å². The van der Waals surface area contributed by atoms with Crippen molar-refractivity contribution in [3.8, 4) is 12.1 Å². The molecule has 1 heterocycles. The maximum absolute atomic E-state index is 10.6. The number of hydrogen-bond acceptors (Lipinski definition) is 5. The average molecular weight is 390 g/mol. The zero-order valence-electron chi connectivity index (χ0n) is 15.8. The van der Waals surface area contributed by atoms with Crippen LogP contribution in [0, 0.1) is 45.3 Å². The summed E-state index contributed by atoms with van der Waals surface area (Å²) in [7, 11) is 0. The first kappa shape index (κ1) is 19.6. The van der Waals surface area contributed by atoms with Crippen LogP contribution >= 0.6 is 23.5 Å². The Labute approximate surface area is 165 Å². The average Bonchev–Trinajstić information content (AvgIpc) is 2.91. The Balaban J connectivity index is 2.13. The van der Waals surface area contributed by atoms with Gasteiger partial charge in [0.25, 0.3) is 5.84 Å². The second-order valence-corrected chi connectivity index (χ2v) is 10.5. The summed E-state index contributed by atoms with van der Waals surface area (Å²) in [4.78, 5) is 3.55. The number of rotatable bonds is 8. The first-order valence-electron chi connectivity index (χ1n) is 9.78. The number of nitrogens with one attached hydrogen (secondary N) is 1. The summed E-state index contributed by atoms with van der Waals surface area (Å²) in [6.07, 6.45) is 10.7. The third-order valence-electron chi connectivity index (χ3n) is 6.30. The lowest BCUT2D eigenvalue weighted by Crippen LogP contribution is -2.86. The molecule has 1 fully saturated rings. The Bertz CT molecular complexity index is 679. The van der Waals surface area contributed by atoms with E-state index in [9.17, 15) is 10.5 Å². The van der Waals surface area contributed by atoms with E-state index in [-0.39, 0.29) is 11.8 Å². The molecule has 0 amide bonds. The van der Waals surface area contributed by atoms with Crippen LogP contribution in [0.3, 0.4) is 0 Å². The molecule has 0 radical (unpaired) electrons. The predicted molar refractivity (Wildman–Crippen MR) is 109 cm³/mol. The molecule has 140 valence electrons. The lowest BCUT2D eigenvalue weighted by molar-refractivity contribution is -0.494. The van der Waals surface area contributed by atoms with E-state index in [1.165, 1.54) is 0 Å². The quantitative estimate of drug-likeness (QED) is 0.379. The molecule has 4 atom stereocenters. The normalized spacial score (nSPS) is 36.2. The molecule has 2 bridgehead atoms. The Morgan fingerprint density at radius 3 is 2.12 bits per heavy atom. The first-order valence-corrected chi connectivity index (χ1v) is 11.8. The Kier molecular flexibility index (Phi) is 5.66. The second-order valence-electron chi connectivity index (χ2n) is 7.57. The highest BCUT2D eigenvalue weighted by Gasteiger charge is 2.81. The fourth-order valence-corrected chi connectivity index (χ4v) is 8.76. The summed E-state index contributed by atoms with van der Waals surface area (Å²) in [5, 5.41) is 20.9. The molecule has 4 rings (SSSR count). The summed E-state index contributed by atoms with van der Waals surface area (Å²) in [5.41, 5.74) is 4.81. The van der Waals surface area contributed by atoms with Crippen LogP contribution in [0.25, 0.3) is 0 Å². The third-order valence-corrected chi connectivity index (χ3v) is 9.65. The van der Waals surface area contributed by atoms with E-state index in [4.69, 9.17) is 5.73 Å². The van der Waals surface area contributed by atoms with Crippen molar-refractivity contribution in [1.82, 2.24) is 0 Å². The van der Waals surface area contributed by atoms with Crippen molar-refractivity contribution < 1.29 is 4.99 Å². The monoisotopic (exact) mass is 389 g/mol. The fourth-order valence-electron chi connectivity index (χ4n) is 4.95. The van der Waals surface area contributed by atoms with Gasteiger partial charge in [-0.25, -0.2) is 0 Å². The summed E-state index contributed by atoms with van der Waals surface area (Å²) in [6.45, 7) is 4.37. The van der Waals surface area contributed by atoms with Crippen LogP contribution in [0.1, 0.15) is 52.4 Å². The van der Waals surface area contributed by atoms with Crippen LogP contribution in [0.5, 0.6) is 0 Å². The van der Waals surface area contributed by atoms with E-state index in [0.717, 1.165) is 50.0 Å².